The molecular formula is C9H11BrN2O3S. The molecule has 88 valence electrons. The van der Waals surface area contributed by atoms with E-state index in [0.29, 0.717) is 16.3 Å². The van der Waals surface area contributed by atoms with Crippen molar-refractivity contribution >= 4 is 31.8 Å². The topological polar surface area (TPSA) is 68.3 Å². The highest BCUT2D eigenvalue weighted by molar-refractivity contribution is 9.10. The van der Waals surface area contributed by atoms with Crippen molar-refractivity contribution in [2.45, 2.75) is 18.9 Å². The maximum Gasteiger partial charge on any atom is 0.231 e. The Kier molecular flexibility index (Phi) is 3.07. The summed E-state index contributed by atoms with van der Waals surface area (Å²) in [6, 6.07) is 1.71. The molecule has 2 rings (SSSR count). The number of aromatic nitrogens is 1. The lowest BCUT2D eigenvalue weighted by molar-refractivity contribution is 0.302. The smallest absolute Gasteiger partial charge is 0.231 e. The van der Waals surface area contributed by atoms with Gasteiger partial charge in [-0.2, -0.15) is 0 Å². The molecule has 16 heavy (non-hydrogen) atoms. The number of rotatable bonds is 4. The molecule has 5 nitrogen and oxygen atoms in total. The molecule has 0 amide bonds. The summed E-state index contributed by atoms with van der Waals surface area (Å²) >= 11 is 3.24. The lowest BCUT2D eigenvalue weighted by Crippen LogP contribution is -2.11. The number of halogens is 1. The van der Waals surface area contributed by atoms with E-state index in [4.69, 9.17) is 4.74 Å². The highest BCUT2D eigenvalue weighted by atomic mass is 79.9. The van der Waals surface area contributed by atoms with Gasteiger partial charge >= 0.3 is 0 Å². The highest BCUT2D eigenvalue weighted by Gasteiger charge is 2.23. The first-order chi connectivity index (χ1) is 7.44. The molecule has 1 aromatic heterocycles. The number of ether oxygens (including phenoxy) is 1. The summed E-state index contributed by atoms with van der Waals surface area (Å²) in [5, 5.41) is 0. The monoisotopic (exact) mass is 306 g/mol. The van der Waals surface area contributed by atoms with Crippen molar-refractivity contribution in [1.29, 1.82) is 0 Å². The molecule has 1 heterocycles. The van der Waals surface area contributed by atoms with Crippen LogP contribution in [-0.4, -0.2) is 25.8 Å². The molecule has 1 N–H and O–H groups in total. The van der Waals surface area contributed by atoms with Gasteiger partial charge in [-0.3, -0.25) is 4.72 Å². The summed E-state index contributed by atoms with van der Waals surface area (Å²) in [5.41, 5.74) is 0. The van der Waals surface area contributed by atoms with Crippen LogP contribution in [0.1, 0.15) is 12.8 Å². The molecule has 0 saturated heterocycles. The average molecular weight is 307 g/mol. The first-order valence-corrected chi connectivity index (χ1v) is 7.42. The molecule has 0 atom stereocenters. The van der Waals surface area contributed by atoms with Crippen molar-refractivity contribution < 1.29 is 13.2 Å². The molecule has 0 radical (unpaired) electrons. The van der Waals surface area contributed by atoms with Gasteiger partial charge in [0.2, 0.25) is 10.0 Å². The summed E-state index contributed by atoms with van der Waals surface area (Å²) in [5.74, 6) is 0.916. The Morgan fingerprint density at radius 2 is 2.25 bits per heavy atom. The Labute approximate surface area is 102 Å². The predicted molar refractivity (Wildman–Crippen MR) is 64.1 cm³/mol. The normalized spacial score (nSPS) is 15.9. The second kappa shape index (κ2) is 4.21. The van der Waals surface area contributed by atoms with Crippen molar-refractivity contribution in [1.82, 2.24) is 4.98 Å². The summed E-state index contributed by atoms with van der Waals surface area (Å²) in [6.07, 6.45) is 5.02. The van der Waals surface area contributed by atoms with E-state index < -0.39 is 10.0 Å². The maximum atomic E-state index is 11.0. The lowest BCUT2D eigenvalue weighted by Gasteiger charge is -2.08. The summed E-state index contributed by atoms with van der Waals surface area (Å²) < 4.78 is 30.4. The minimum absolute atomic E-state index is 0.269. The minimum atomic E-state index is -3.31. The number of pyridine rings is 1. The number of sulfonamides is 1. The summed E-state index contributed by atoms with van der Waals surface area (Å²) in [7, 11) is -3.31. The molecule has 7 heteroatoms. The van der Waals surface area contributed by atoms with Crippen molar-refractivity contribution in [3.05, 3.63) is 16.7 Å². The predicted octanol–water partition coefficient (Wildman–Crippen LogP) is 1.76. The molecule has 1 fully saturated rings. The molecular weight excluding hydrogens is 296 g/mol. The number of anilines is 1. The van der Waals surface area contributed by atoms with Crippen LogP contribution in [0.4, 0.5) is 5.82 Å². The van der Waals surface area contributed by atoms with Gasteiger partial charge in [0, 0.05) is 0 Å². The van der Waals surface area contributed by atoms with E-state index in [1.807, 2.05) is 0 Å². The van der Waals surface area contributed by atoms with Gasteiger partial charge in [-0.15, -0.1) is 0 Å². The Hall–Kier alpha value is -0.820. The third-order valence-electron chi connectivity index (χ3n) is 1.93. The zero-order valence-electron chi connectivity index (χ0n) is 8.60. The SMILES string of the molecule is CS(=O)(=O)Nc1ncc(OC2CC2)cc1Br. The Bertz CT molecular complexity index is 499. The van der Waals surface area contributed by atoms with Crippen molar-refractivity contribution in [2.24, 2.45) is 0 Å². The third kappa shape index (κ3) is 3.34. The highest BCUT2D eigenvalue weighted by Crippen LogP contribution is 2.30. The van der Waals surface area contributed by atoms with Crippen LogP contribution < -0.4 is 9.46 Å². The van der Waals surface area contributed by atoms with Gasteiger partial charge < -0.3 is 4.74 Å². The van der Waals surface area contributed by atoms with E-state index in [1.165, 1.54) is 6.20 Å². The zero-order chi connectivity index (χ0) is 11.8. The Balaban J connectivity index is 2.15. The van der Waals surface area contributed by atoms with E-state index in [1.54, 1.807) is 6.07 Å². The zero-order valence-corrected chi connectivity index (χ0v) is 11.0. The largest absolute Gasteiger partial charge is 0.489 e. The van der Waals surface area contributed by atoms with Gasteiger partial charge in [0.1, 0.15) is 5.75 Å². The second-order valence-electron chi connectivity index (χ2n) is 3.69. The molecule has 1 aliphatic carbocycles. The third-order valence-corrected chi connectivity index (χ3v) is 3.09. The van der Waals surface area contributed by atoms with Gasteiger partial charge in [0.25, 0.3) is 0 Å². The first kappa shape index (κ1) is 11.7. The fraction of sp³-hybridized carbons (Fsp3) is 0.444. The summed E-state index contributed by atoms with van der Waals surface area (Å²) in [6.45, 7) is 0. The lowest BCUT2D eigenvalue weighted by atomic mass is 10.4. The average Bonchev–Trinajstić information content (AvgIpc) is 2.92. The van der Waals surface area contributed by atoms with Crippen molar-refractivity contribution in [2.75, 3.05) is 11.0 Å². The second-order valence-corrected chi connectivity index (χ2v) is 6.30. The van der Waals surface area contributed by atoms with E-state index in [0.717, 1.165) is 19.1 Å². The number of hydrogen-bond acceptors (Lipinski definition) is 4. The van der Waals surface area contributed by atoms with Crippen LogP contribution in [0.2, 0.25) is 0 Å². The standard InChI is InChI=1S/C9H11BrN2O3S/c1-16(13,14)12-9-8(10)4-7(5-11-9)15-6-2-3-6/h4-6H,2-3H2,1H3,(H,11,12). The summed E-state index contributed by atoms with van der Waals surface area (Å²) in [4.78, 5) is 3.98. The quantitative estimate of drug-likeness (QED) is 0.920. The minimum Gasteiger partial charge on any atom is -0.489 e. The first-order valence-electron chi connectivity index (χ1n) is 4.74. The maximum absolute atomic E-state index is 11.0. The molecule has 0 spiro atoms. The van der Waals surface area contributed by atoms with Crippen LogP contribution in [0, 0.1) is 0 Å². The fourth-order valence-electron chi connectivity index (χ4n) is 1.11. The Morgan fingerprint density at radius 3 is 2.75 bits per heavy atom. The van der Waals surface area contributed by atoms with Crippen molar-refractivity contribution in [3.8, 4) is 5.75 Å². The Morgan fingerprint density at radius 1 is 1.56 bits per heavy atom. The fourth-order valence-corrected chi connectivity index (χ4v) is 2.19. The van der Waals surface area contributed by atoms with E-state index >= 15 is 0 Å². The van der Waals surface area contributed by atoms with Crippen LogP contribution in [0.25, 0.3) is 0 Å². The van der Waals surface area contributed by atoms with Gasteiger partial charge in [-0.05, 0) is 34.8 Å². The van der Waals surface area contributed by atoms with Gasteiger partial charge in [0.05, 0.1) is 23.0 Å². The van der Waals surface area contributed by atoms with Gasteiger partial charge in [0.15, 0.2) is 5.82 Å². The van der Waals surface area contributed by atoms with Crippen LogP contribution in [-0.2, 0) is 10.0 Å². The van der Waals surface area contributed by atoms with E-state index in [-0.39, 0.29) is 5.82 Å². The van der Waals surface area contributed by atoms with Gasteiger partial charge in [-0.1, -0.05) is 0 Å². The van der Waals surface area contributed by atoms with Crippen LogP contribution >= 0.6 is 15.9 Å². The van der Waals surface area contributed by atoms with E-state index in [9.17, 15) is 8.42 Å². The molecule has 1 saturated carbocycles. The number of hydrogen-bond donors (Lipinski definition) is 1. The number of nitrogens with one attached hydrogen (secondary N) is 1. The molecule has 0 bridgehead atoms. The van der Waals surface area contributed by atoms with Crippen molar-refractivity contribution in [3.63, 3.8) is 0 Å². The van der Waals surface area contributed by atoms with Crippen LogP contribution in [0.15, 0.2) is 16.7 Å². The number of nitrogens with zero attached hydrogens (tertiary/aromatic N) is 1. The van der Waals surface area contributed by atoms with Crippen LogP contribution in [0.5, 0.6) is 5.75 Å². The van der Waals surface area contributed by atoms with E-state index in [2.05, 4.69) is 25.6 Å². The molecule has 0 aromatic carbocycles. The molecule has 1 aliphatic rings. The molecule has 0 aliphatic heterocycles. The molecule has 1 aromatic rings. The van der Waals surface area contributed by atoms with Crippen LogP contribution in [0.3, 0.4) is 0 Å². The van der Waals surface area contributed by atoms with Gasteiger partial charge in [-0.25, -0.2) is 13.4 Å². The molecule has 0 unspecified atom stereocenters.